The number of fused-ring (bicyclic) bond motifs is 6. The van der Waals surface area contributed by atoms with E-state index in [1.54, 1.807) is 0 Å². The number of rotatable bonds is 10. The molecule has 0 saturated heterocycles. The molecule has 0 unspecified atom stereocenters. The van der Waals surface area contributed by atoms with Gasteiger partial charge in [-0.1, -0.05) is 146 Å². The molecule has 6 aromatic carbocycles. The molecule has 0 aliphatic rings. The zero-order valence-electron chi connectivity index (χ0n) is 37.3. The summed E-state index contributed by atoms with van der Waals surface area (Å²) in [5.41, 5.74) is 17.9. The summed E-state index contributed by atoms with van der Waals surface area (Å²) in [6.07, 6.45) is 4.19. The Kier molecular flexibility index (Phi) is 10.4. The molecule has 9 rings (SSSR count). The third kappa shape index (κ3) is 6.81. The second kappa shape index (κ2) is 15.9. The minimum absolute atomic E-state index is 0.359. The van der Waals surface area contributed by atoms with Gasteiger partial charge in [0.15, 0.2) is 0 Å². The molecule has 3 heterocycles. The highest BCUT2D eigenvalue weighted by molar-refractivity contribution is 6.13. The van der Waals surface area contributed by atoms with Gasteiger partial charge >= 0.3 is 0 Å². The molecule has 61 heavy (non-hydrogen) atoms. The van der Waals surface area contributed by atoms with Crippen molar-refractivity contribution in [1.29, 1.82) is 0 Å². The maximum atomic E-state index is 5.25. The molecule has 0 amide bonds. The van der Waals surface area contributed by atoms with Gasteiger partial charge in [0.25, 0.3) is 0 Å². The van der Waals surface area contributed by atoms with Crippen LogP contribution in [-0.4, -0.2) is 26.0 Å². The van der Waals surface area contributed by atoms with Crippen LogP contribution < -0.4 is 4.90 Å². The quantitative estimate of drug-likeness (QED) is 0.129. The molecule has 5 nitrogen and oxygen atoms in total. The van der Waals surface area contributed by atoms with E-state index in [1.165, 1.54) is 55.2 Å². The fraction of sp³-hybridized carbons (Fsp3) is 0.250. The molecule has 0 atom stereocenters. The van der Waals surface area contributed by atoms with Crippen molar-refractivity contribution in [1.82, 2.24) is 18.9 Å². The molecule has 0 fully saturated rings. The lowest BCUT2D eigenvalue weighted by Gasteiger charge is -2.23. The topological polar surface area (TPSA) is 38.4 Å². The standard InChI is InChI=1S/C56H57N5/c1-34(2)42-22-16-23-43(35(3)4)53(42)51-32-57-55(60(51)49-26-13-11-18-38(49)9)39-19-15-20-40(30-39)59(10)41-28-29-46-47-21-12-14-27-50(47)61-52(33-58-56(61)48(46)31-41)54-44(36(5)6)24-17-25-45(54)37(7)8/h11-37H,1-10H3. The monoisotopic (exact) mass is 799 g/mol. The highest BCUT2D eigenvalue weighted by atomic mass is 15.1. The van der Waals surface area contributed by atoms with Gasteiger partial charge in [-0.15, -0.1) is 0 Å². The van der Waals surface area contributed by atoms with Gasteiger partial charge in [0.1, 0.15) is 11.5 Å². The summed E-state index contributed by atoms with van der Waals surface area (Å²) in [5, 5.41) is 3.54. The van der Waals surface area contributed by atoms with E-state index in [2.05, 4.69) is 223 Å². The van der Waals surface area contributed by atoms with Gasteiger partial charge in [-0.25, -0.2) is 9.97 Å². The van der Waals surface area contributed by atoms with Gasteiger partial charge in [-0.05, 0) is 100 Å². The Morgan fingerprint density at radius 2 is 1.05 bits per heavy atom. The largest absolute Gasteiger partial charge is 0.345 e. The highest BCUT2D eigenvalue weighted by Gasteiger charge is 2.25. The van der Waals surface area contributed by atoms with Crippen molar-refractivity contribution in [2.75, 3.05) is 11.9 Å². The minimum atomic E-state index is 0.359. The third-order valence-electron chi connectivity index (χ3n) is 12.7. The van der Waals surface area contributed by atoms with Crippen LogP contribution in [0.5, 0.6) is 0 Å². The number of benzene rings is 6. The van der Waals surface area contributed by atoms with E-state index >= 15 is 0 Å². The Labute approximate surface area is 361 Å². The minimum Gasteiger partial charge on any atom is -0.345 e. The molecule has 0 aliphatic heterocycles. The van der Waals surface area contributed by atoms with Crippen LogP contribution in [0.25, 0.3) is 66.9 Å². The fourth-order valence-electron chi connectivity index (χ4n) is 9.51. The summed E-state index contributed by atoms with van der Waals surface area (Å²) in [5.74, 6) is 2.38. The molecule has 306 valence electrons. The number of para-hydroxylation sites is 2. The van der Waals surface area contributed by atoms with Crippen LogP contribution in [0.4, 0.5) is 11.4 Å². The van der Waals surface area contributed by atoms with Crippen LogP contribution in [-0.2, 0) is 0 Å². The Hall–Kier alpha value is -6.46. The van der Waals surface area contributed by atoms with Crippen molar-refractivity contribution in [2.24, 2.45) is 0 Å². The van der Waals surface area contributed by atoms with E-state index in [0.29, 0.717) is 23.7 Å². The molecule has 0 aliphatic carbocycles. The van der Waals surface area contributed by atoms with Gasteiger partial charge in [-0.3, -0.25) is 8.97 Å². The Balaban J connectivity index is 1.20. The number of aryl methyl sites for hydroxylation is 1. The lowest BCUT2D eigenvalue weighted by Crippen LogP contribution is -2.10. The number of nitrogens with zero attached hydrogens (tertiary/aromatic N) is 5. The van der Waals surface area contributed by atoms with Gasteiger partial charge in [0.05, 0.1) is 35.0 Å². The maximum absolute atomic E-state index is 5.25. The molecular formula is C56H57N5. The number of imidazole rings is 2. The van der Waals surface area contributed by atoms with Gasteiger partial charge in [0.2, 0.25) is 0 Å². The van der Waals surface area contributed by atoms with E-state index in [4.69, 9.17) is 9.97 Å². The van der Waals surface area contributed by atoms with Crippen LogP contribution >= 0.6 is 0 Å². The zero-order valence-corrected chi connectivity index (χ0v) is 37.3. The number of aromatic nitrogens is 4. The Morgan fingerprint density at radius 1 is 0.492 bits per heavy atom. The molecule has 0 spiro atoms. The predicted molar refractivity (Wildman–Crippen MR) is 259 cm³/mol. The van der Waals surface area contributed by atoms with Crippen LogP contribution in [0, 0.1) is 6.92 Å². The molecule has 3 aromatic heterocycles. The van der Waals surface area contributed by atoms with Crippen molar-refractivity contribution in [3.63, 3.8) is 0 Å². The van der Waals surface area contributed by atoms with E-state index in [-0.39, 0.29) is 0 Å². The first-order chi connectivity index (χ1) is 29.4. The summed E-state index contributed by atoms with van der Waals surface area (Å²) in [7, 11) is 2.16. The second-order valence-electron chi connectivity index (χ2n) is 18.0. The number of hydrogen-bond donors (Lipinski definition) is 0. The van der Waals surface area contributed by atoms with Crippen molar-refractivity contribution in [3.8, 4) is 39.6 Å². The first-order valence-electron chi connectivity index (χ1n) is 22.0. The lowest BCUT2D eigenvalue weighted by atomic mass is 9.87. The molecule has 0 radical (unpaired) electrons. The van der Waals surface area contributed by atoms with Crippen LogP contribution in [0.1, 0.15) is 107 Å². The summed E-state index contributed by atoms with van der Waals surface area (Å²) in [4.78, 5) is 12.8. The molecule has 0 N–H and O–H groups in total. The molecule has 9 aromatic rings. The zero-order chi connectivity index (χ0) is 42.7. The summed E-state index contributed by atoms with van der Waals surface area (Å²) < 4.78 is 4.79. The van der Waals surface area contributed by atoms with E-state index in [1.807, 2.05) is 0 Å². The number of hydrogen-bond acceptors (Lipinski definition) is 3. The van der Waals surface area contributed by atoms with Crippen LogP contribution in [0.15, 0.2) is 140 Å². The highest BCUT2D eigenvalue weighted by Crippen LogP contribution is 2.43. The average molecular weight is 800 g/mol. The average Bonchev–Trinajstić information content (AvgIpc) is 3.91. The molecule has 0 bridgehead atoms. The normalized spacial score (nSPS) is 12.0. The smallest absolute Gasteiger partial charge is 0.145 e. The number of anilines is 2. The fourth-order valence-corrected chi connectivity index (χ4v) is 9.51. The van der Waals surface area contributed by atoms with Gasteiger partial charge < -0.3 is 4.90 Å². The maximum Gasteiger partial charge on any atom is 0.145 e. The summed E-state index contributed by atoms with van der Waals surface area (Å²) in [6.45, 7) is 20.5. The molecule has 0 saturated carbocycles. The second-order valence-corrected chi connectivity index (χ2v) is 18.0. The van der Waals surface area contributed by atoms with Gasteiger partial charge in [-0.2, -0.15) is 0 Å². The molecule has 5 heteroatoms. The van der Waals surface area contributed by atoms with Crippen LogP contribution in [0.2, 0.25) is 0 Å². The Morgan fingerprint density at radius 3 is 1.69 bits per heavy atom. The van der Waals surface area contributed by atoms with Crippen LogP contribution in [0.3, 0.4) is 0 Å². The van der Waals surface area contributed by atoms with Crippen molar-refractivity contribution in [3.05, 3.63) is 168 Å². The van der Waals surface area contributed by atoms with Crippen molar-refractivity contribution in [2.45, 2.75) is 86.0 Å². The van der Waals surface area contributed by atoms with E-state index in [0.717, 1.165) is 50.9 Å². The number of pyridine rings is 1. The summed E-state index contributed by atoms with van der Waals surface area (Å²) >= 11 is 0. The Bertz CT molecular complexity index is 3030. The summed E-state index contributed by atoms with van der Waals surface area (Å²) in [6, 6.07) is 46.7. The molecular weight excluding hydrogens is 743 g/mol. The lowest BCUT2D eigenvalue weighted by molar-refractivity contribution is 0.834. The van der Waals surface area contributed by atoms with Crippen molar-refractivity contribution >= 4 is 38.7 Å². The first kappa shape index (κ1) is 40.0. The van der Waals surface area contributed by atoms with Crippen molar-refractivity contribution < 1.29 is 0 Å². The first-order valence-corrected chi connectivity index (χ1v) is 22.0. The van der Waals surface area contributed by atoms with E-state index in [9.17, 15) is 0 Å². The SMILES string of the molecule is Cc1ccccc1-n1c(-c2c(C(C)C)cccc2C(C)C)cnc1-c1cccc(N(C)c2ccc3c4ccccc4n4c(-c5c(C(C)C)cccc5C(C)C)cnc4c3c2)c1. The third-order valence-corrected chi connectivity index (χ3v) is 12.7. The van der Waals surface area contributed by atoms with E-state index < -0.39 is 0 Å². The van der Waals surface area contributed by atoms with Gasteiger partial charge in [0, 0.05) is 45.9 Å². The predicted octanol–water partition coefficient (Wildman–Crippen LogP) is 15.4.